The Balaban J connectivity index is 1.50. The number of benzene rings is 2. The molecule has 2 aromatic rings. The molecule has 2 unspecified atom stereocenters. The number of fused-ring (bicyclic) bond motifs is 1. The molecule has 3 fully saturated rings. The predicted molar refractivity (Wildman–Crippen MR) is 129 cm³/mol. The van der Waals surface area contributed by atoms with Gasteiger partial charge >= 0.3 is 6.03 Å². The minimum atomic E-state index is -1.53. The van der Waals surface area contributed by atoms with E-state index in [2.05, 4.69) is 0 Å². The van der Waals surface area contributed by atoms with Crippen LogP contribution in [0.25, 0.3) is 0 Å². The van der Waals surface area contributed by atoms with E-state index in [0.717, 1.165) is 35.3 Å². The van der Waals surface area contributed by atoms with E-state index in [0.29, 0.717) is 25.1 Å². The molecular weight excluding hydrogens is 452 g/mol. The van der Waals surface area contributed by atoms with Gasteiger partial charge in [-0.25, -0.2) is 4.79 Å². The molecule has 2 amide bonds. The number of aliphatic hydroxyl groups excluding tert-OH is 1. The van der Waals surface area contributed by atoms with Crippen molar-refractivity contribution in [3.8, 4) is 5.75 Å². The average Bonchev–Trinajstić information content (AvgIpc) is 3.41. The number of hydrogen-bond acceptors (Lipinski definition) is 6. The molecular formula is C26H30N2O5S. The number of amides is 2. The maximum atomic E-state index is 13.9. The summed E-state index contributed by atoms with van der Waals surface area (Å²) in [5.41, 5.74) is 1.18. The van der Waals surface area contributed by atoms with Crippen LogP contribution >= 0.6 is 11.8 Å². The van der Waals surface area contributed by atoms with E-state index in [9.17, 15) is 19.8 Å². The Morgan fingerprint density at radius 1 is 1.06 bits per heavy atom. The van der Waals surface area contributed by atoms with Crippen LogP contribution in [0.5, 0.6) is 5.75 Å². The number of thioether (sulfide) groups is 1. The lowest BCUT2D eigenvalue weighted by atomic mass is 9.75. The van der Waals surface area contributed by atoms with Crippen LogP contribution in [0.1, 0.15) is 47.7 Å². The third-order valence-electron chi connectivity index (χ3n) is 7.34. The van der Waals surface area contributed by atoms with E-state index in [1.165, 1.54) is 0 Å². The predicted octanol–water partition coefficient (Wildman–Crippen LogP) is 3.48. The van der Waals surface area contributed by atoms with Crippen molar-refractivity contribution in [2.45, 2.75) is 61.9 Å². The lowest BCUT2D eigenvalue weighted by molar-refractivity contribution is -0.148. The Hall–Kier alpha value is -2.55. The lowest BCUT2D eigenvalue weighted by Gasteiger charge is -2.41. The highest BCUT2D eigenvalue weighted by molar-refractivity contribution is 7.99. The zero-order valence-electron chi connectivity index (χ0n) is 19.2. The van der Waals surface area contributed by atoms with E-state index < -0.39 is 11.6 Å². The molecule has 2 aliphatic heterocycles. The van der Waals surface area contributed by atoms with Crippen LogP contribution in [0.2, 0.25) is 0 Å². The monoisotopic (exact) mass is 482 g/mol. The molecule has 4 atom stereocenters. The molecule has 2 N–H and O–H groups in total. The lowest BCUT2D eigenvalue weighted by Crippen LogP contribution is -2.60. The maximum Gasteiger partial charge on any atom is 0.322 e. The quantitative estimate of drug-likeness (QED) is 0.655. The number of Topliss-reactive ketones (excluding diaryl/α,β-unsaturated/α-hetero) is 1. The van der Waals surface area contributed by atoms with Crippen LogP contribution in [0.3, 0.4) is 0 Å². The van der Waals surface area contributed by atoms with Gasteiger partial charge in [0.25, 0.3) is 0 Å². The Bertz CT molecular complexity index is 1060. The molecule has 2 heterocycles. The minimum absolute atomic E-state index is 0.0315. The topological polar surface area (TPSA) is 90.3 Å². The normalized spacial score (nSPS) is 29.0. The molecule has 3 aliphatic rings. The highest BCUT2D eigenvalue weighted by atomic mass is 32.2. The highest BCUT2D eigenvalue weighted by Crippen LogP contribution is 2.50. The summed E-state index contributed by atoms with van der Waals surface area (Å²) in [6.07, 6.45) is 2.29. The minimum Gasteiger partial charge on any atom is -0.497 e. The fraction of sp³-hybridized carbons (Fsp3) is 0.462. The number of rotatable bonds is 6. The number of methoxy groups -OCH3 is 1. The molecule has 5 rings (SSSR count). The van der Waals surface area contributed by atoms with Gasteiger partial charge in [0.2, 0.25) is 0 Å². The first-order valence-electron chi connectivity index (χ1n) is 11.7. The van der Waals surface area contributed by atoms with Crippen LogP contribution in [0, 0.1) is 0 Å². The maximum absolute atomic E-state index is 13.9. The van der Waals surface area contributed by atoms with Gasteiger partial charge in [-0.05, 0) is 48.1 Å². The van der Waals surface area contributed by atoms with Crippen LogP contribution in [0.4, 0.5) is 4.79 Å². The molecule has 0 bridgehead atoms. The Morgan fingerprint density at radius 2 is 1.76 bits per heavy atom. The summed E-state index contributed by atoms with van der Waals surface area (Å²) in [4.78, 5) is 30.5. The molecule has 0 aromatic heterocycles. The van der Waals surface area contributed by atoms with Gasteiger partial charge in [-0.3, -0.25) is 4.79 Å². The molecule has 2 saturated heterocycles. The molecule has 1 saturated carbocycles. The zero-order valence-corrected chi connectivity index (χ0v) is 20.0. The van der Waals surface area contributed by atoms with Gasteiger partial charge < -0.3 is 24.7 Å². The van der Waals surface area contributed by atoms with E-state index in [-0.39, 0.29) is 29.8 Å². The second-order valence-electron chi connectivity index (χ2n) is 9.32. The number of nitrogens with zero attached hydrogens (tertiary/aromatic N) is 2. The van der Waals surface area contributed by atoms with E-state index in [1.807, 2.05) is 53.4 Å². The van der Waals surface area contributed by atoms with Crippen molar-refractivity contribution >= 4 is 23.6 Å². The summed E-state index contributed by atoms with van der Waals surface area (Å²) in [6.45, 7) is 0.285. The first-order valence-corrected chi connectivity index (χ1v) is 12.8. The number of ketones is 1. The van der Waals surface area contributed by atoms with Crippen molar-refractivity contribution in [2.75, 3.05) is 12.9 Å². The number of hydrogen-bond donors (Lipinski definition) is 2. The molecule has 180 valence electrons. The van der Waals surface area contributed by atoms with Gasteiger partial charge in [0, 0.05) is 18.7 Å². The number of ether oxygens (including phenoxy) is 1. The molecule has 8 heteroatoms. The Morgan fingerprint density at radius 3 is 2.41 bits per heavy atom. The number of aliphatic hydroxyl groups is 2. The van der Waals surface area contributed by atoms with Crippen molar-refractivity contribution in [2.24, 2.45) is 0 Å². The van der Waals surface area contributed by atoms with Crippen LogP contribution in [-0.4, -0.2) is 62.4 Å². The molecule has 7 nitrogen and oxygen atoms in total. The van der Waals surface area contributed by atoms with Crippen molar-refractivity contribution in [3.63, 3.8) is 0 Å². The first kappa shape index (κ1) is 23.2. The standard InChI is InChI=1S/C26H30N2O5S/c1-33-20-11-7-17(8-12-20)14-27-23(26(32)13-3-2-4-22(26)30)21-16-34-24(28(21)25(27)31)19-9-5-18(15-29)6-10-19/h5-12,21,23-24,29,32H,2-4,13-16H2,1H3/t21-,23+,24?,26?/m0/s1. The van der Waals surface area contributed by atoms with Crippen molar-refractivity contribution in [3.05, 3.63) is 65.2 Å². The molecule has 1 aliphatic carbocycles. The van der Waals surface area contributed by atoms with Crippen molar-refractivity contribution in [1.29, 1.82) is 0 Å². The summed E-state index contributed by atoms with van der Waals surface area (Å²) in [6, 6.07) is 14.2. The molecule has 0 radical (unpaired) electrons. The summed E-state index contributed by atoms with van der Waals surface area (Å²) in [7, 11) is 1.61. The first-order chi connectivity index (χ1) is 16.5. The van der Waals surface area contributed by atoms with Crippen molar-refractivity contribution < 1.29 is 24.5 Å². The largest absolute Gasteiger partial charge is 0.497 e. The third-order valence-corrected chi connectivity index (χ3v) is 8.69. The van der Waals surface area contributed by atoms with Crippen molar-refractivity contribution in [1.82, 2.24) is 9.80 Å². The third kappa shape index (κ3) is 3.87. The summed E-state index contributed by atoms with van der Waals surface area (Å²) in [5.74, 6) is 1.23. The zero-order chi connectivity index (χ0) is 23.9. The van der Waals surface area contributed by atoms with E-state index >= 15 is 0 Å². The molecule has 2 aromatic carbocycles. The fourth-order valence-electron chi connectivity index (χ4n) is 5.55. The average molecular weight is 483 g/mol. The van der Waals surface area contributed by atoms with Crippen LogP contribution in [-0.2, 0) is 17.9 Å². The second-order valence-corrected chi connectivity index (χ2v) is 10.4. The van der Waals surface area contributed by atoms with Gasteiger partial charge in [-0.1, -0.05) is 36.4 Å². The SMILES string of the molecule is COc1ccc(CN2C(=O)N3C(c4ccc(CO)cc4)SC[C@H]3[C@@H]2C2(O)CCCCC2=O)cc1. The molecule has 0 spiro atoms. The van der Waals surface area contributed by atoms with Crippen LogP contribution in [0.15, 0.2) is 48.5 Å². The number of carbonyl (C=O) groups excluding carboxylic acids is 2. The second kappa shape index (κ2) is 9.24. The van der Waals surface area contributed by atoms with E-state index in [1.54, 1.807) is 23.8 Å². The number of urea groups is 1. The van der Waals surface area contributed by atoms with Gasteiger partial charge in [0.05, 0.1) is 25.8 Å². The molecule has 34 heavy (non-hydrogen) atoms. The Labute approximate surface area is 203 Å². The Kier molecular flexibility index (Phi) is 6.31. The van der Waals surface area contributed by atoms with Gasteiger partial charge in [0.1, 0.15) is 16.7 Å². The smallest absolute Gasteiger partial charge is 0.322 e. The summed E-state index contributed by atoms with van der Waals surface area (Å²) >= 11 is 1.66. The van der Waals surface area contributed by atoms with Gasteiger partial charge in [-0.2, -0.15) is 0 Å². The summed E-state index contributed by atoms with van der Waals surface area (Å²) in [5, 5.41) is 20.9. The van der Waals surface area contributed by atoms with Gasteiger partial charge in [0.15, 0.2) is 5.78 Å². The number of carbonyl (C=O) groups is 2. The van der Waals surface area contributed by atoms with Gasteiger partial charge in [-0.15, -0.1) is 11.8 Å². The highest BCUT2D eigenvalue weighted by Gasteiger charge is 2.61. The van der Waals surface area contributed by atoms with Crippen LogP contribution < -0.4 is 4.74 Å². The fourth-order valence-corrected chi connectivity index (χ4v) is 7.03. The summed E-state index contributed by atoms with van der Waals surface area (Å²) < 4.78 is 5.26. The van der Waals surface area contributed by atoms with E-state index in [4.69, 9.17) is 4.74 Å².